The second-order valence-electron chi connectivity index (χ2n) is 3.61. The fourth-order valence-corrected chi connectivity index (χ4v) is 2.09. The number of imidazole rings is 1. The van der Waals surface area contributed by atoms with E-state index in [0.717, 1.165) is 0 Å². The van der Waals surface area contributed by atoms with Gasteiger partial charge in [-0.3, -0.25) is 4.79 Å². The Morgan fingerprint density at radius 3 is 2.83 bits per heavy atom. The first-order chi connectivity index (χ1) is 8.36. The Balaban J connectivity index is 2.83. The van der Waals surface area contributed by atoms with Crippen molar-refractivity contribution < 1.29 is 18.3 Å². The lowest BCUT2D eigenvalue weighted by Crippen LogP contribution is -2.45. The summed E-state index contributed by atoms with van der Waals surface area (Å²) < 4.78 is 25.1. The average Bonchev–Trinajstić information content (AvgIpc) is 2.79. The second-order valence-corrected chi connectivity index (χ2v) is 5.64. The van der Waals surface area contributed by atoms with Gasteiger partial charge in [0.2, 0.25) is 10.0 Å². The molecule has 0 fully saturated rings. The van der Waals surface area contributed by atoms with Gasteiger partial charge in [0.1, 0.15) is 6.04 Å². The highest BCUT2D eigenvalue weighted by Crippen LogP contribution is 2.04. The highest BCUT2D eigenvalue weighted by Gasteiger charge is 2.28. The van der Waals surface area contributed by atoms with Gasteiger partial charge in [-0.1, -0.05) is 0 Å². The number of sulfonamides is 1. The summed E-state index contributed by atoms with van der Waals surface area (Å²) in [5.41, 5.74) is 0.481. The number of aromatic amines is 1. The number of carbonyl (C=O) groups is 1. The molecule has 0 spiro atoms. The summed E-state index contributed by atoms with van der Waals surface area (Å²) in [6.07, 6.45) is 2.69. The molecule has 1 rings (SSSR count). The van der Waals surface area contributed by atoms with Gasteiger partial charge < -0.3 is 10.1 Å². The molecule has 98 valence electrons. The average molecular weight is 272 g/mol. The van der Waals surface area contributed by atoms with E-state index in [1.165, 1.54) is 19.4 Å². The van der Waals surface area contributed by atoms with Crippen molar-refractivity contribution in [1.82, 2.24) is 14.7 Å². The maximum Gasteiger partial charge on any atom is 0.322 e. The van der Waals surface area contributed by atoms with E-state index in [0.29, 0.717) is 5.69 Å². The number of H-pyrrole nitrogens is 1. The lowest BCUT2D eigenvalue weighted by atomic mass is 10.2. The third kappa shape index (κ3) is 3.54. The van der Waals surface area contributed by atoms with E-state index in [9.17, 15) is 13.2 Å². The molecular weight excluding hydrogens is 260 g/mol. The molecule has 0 aliphatic heterocycles. The molecule has 9 heteroatoms. The van der Waals surface area contributed by atoms with Crippen LogP contribution in [0.25, 0.3) is 0 Å². The fraction of sp³-hybridized carbons (Fsp3) is 0.444. The number of hydrogen-bond acceptors (Lipinski definition) is 5. The van der Waals surface area contributed by atoms with Crippen molar-refractivity contribution in [2.45, 2.75) is 24.6 Å². The van der Waals surface area contributed by atoms with Crippen LogP contribution in [0.5, 0.6) is 0 Å². The van der Waals surface area contributed by atoms with Gasteiger partial charge in [-0.2, -0.15) is 9.98 Å². The van der Waals surface area contributed by atoms with Gasteiger partial charge in [0.25, 0.3) is 0 Å². The molecule has 0 amide bonds. The highest BCUT2D eigenvalue weighted by atomic mass is 32.2. The molecule has 18 heavy (non-hydrogen) atoms. The van der Waals surface area contributed by atoms with Crippen LogP contribution in [0, 0.1) is 11.3 Å². The third-order valence-corrected chi connectivity index (χ3v) is 3.88. The van der Waals surface area contributed by atoms with Gasteiger partial charge in [-0.25, -0.2) is 13.4 Å². The minimum absolute atomic E-state index is 0.0767. The van der Waals surface area contributed by atoms with E-state index in [2.05, 4.69) is 9.97 Å². The maximum absolute atomic E-state index is 11.6. The molecule has 1 unspecified atom stereocenters. The standard InChI is InChI=1S/C9H12N4O4S/c1-6(3-10)18(16,17)13-8(9(14)15)2-7-4-11-5-12-7/h4-6,8,13H,2H2,1H3,(H,11,12)(H,14,15)/t6?,8-/m0/s1. The molecule has 2 atom stereocenters. The van der Waals surface area contributed by atoms with Crippen LogP contribution in [0.1, 0.15) is 12.6 Å². The highest BCUT2D eigenvalue weighted by molar-refractivity contribution is 7.90. The Labute approximate surface area is 104 Å². The molecule has 0 aromatic carbocycles. The number of rotatable bonds is 6. The quantitative estimate of drug-likeness (QED) is 0.622. The monoisotopic (exact) mass is 272 g/mol. The van der Waals surface area contributed by atoms with Crippen LogP contribution >= 0.6 is 0 Å². The van der Waals surface area contributed by atoms with Crippen molar-refractivity contribution in [3.8, 4) is 6.07 Å². The summed E-state index contributed by atoms with van der Waals surface area (Å²) in [5, 5.41) is 16.2. The molecule has 0 saturated heterocycles. The van der Waals surface area contributed by atoms with Crippen molar-refractivity contribution in [2.24, 2.45) is 0 Å². The lowest BCUT2D eigenvalue weighted by Gasteiger charge is -2.14. The van der Waals surface area contributed by atoms with Crippen molar-refractivity contribution in [3.63, 3.8) is 0 Å². The number of nitrogens with one attached hydrogen (secondary N) is 2. The van der Waals surface area contributed by atoms with E-state index < -0.39 is 27.3 Å². The SMILES string of the molecule is CC(C#N)S(=O)(=O)N[C@@H](Cc1cnc[nH]1)C(=O)O. The van der Waals surface area contributed by atoms with Crippen LogP contribution in [0.15, 0.2) is 12.5 Å². The lowest BCUT2D eigenvalue weighted by molar-refractivity contribution is -0.138. The predicted octanol–water partition coefficient (Wildman–Crippen LogP) is -0.763. The summed E-state index contributed by atoms with van der Waals surface area (Å²) in [4.78, 5) is 17.4. The summed E-state index contributed by atoms with van der Waals surface area (Å²) in [6, 6.07) is 0.203. The van der Waals surface area contributed by atoms with Gasteiger partial charge in [-0.15, -0.1) is 0 Å². The molecule has 0 radical (unpaired) electrons. The summed E-state index contributed by atoms with van der Waals surface area (Å²) in [7, 11) is -3.98. The zero-order chi connectivity index (χ0) is 13.8. The van der Waals surface area contributed by atoms with E-state index in [-0.39, 0.29) is 6.42 Å². The van der Waals surface area contributed by atoms with Gasteiger partial charge in [0.15, 0.2) is 5.25 Å². The number of aliphatic carboxylic acids is 1. The largest absolute Gasteiger partial charge is 0.480 e. The van der Waals surface area contributed by atoms with Crippen molar-refractivity contribution >= 4 is 16.0 Å². The first kappa shape index (κ1) is 14.1. The smallest absolute Gasteiger partial charge is 0.322 e. The first-order valence-electron chi connectivity index (χ1n) is 4.97. The van der Waals surface area contributed by atoms with Crippen LogP contribution in [-0.2, 0) is 21.2 Å². The number of nitriles is 1. The summed E-state index contributed by atoms with van der Waals surface area (Å²) >= 11 is 0. The Morgan fingerprint density at radius 2 is 2.39 bits per heavy atom. The molecule has 0 aliphatic carbocycles. The van der Waals surface area contributed by atoms with Crippen LogP contribution in [-0.4, -0.2) is 40.8 Å². The van der Waals surface area contributed by atoms with E-state index in [4.69, 9.17) is 10.4 Å². The Hall–Kier alpha value is -1.92. The topological polar surface area (TPSA) is 136 Å². The Morgan fingerprint density at radius 1 is 1.72 bits per heavy atom. The van der Waals surface area contributed by atoms with Crippen molar-refractivity contribution in [2.75, 3.05) is 0 Å². The second kappa shape index (κ2) is 5.61. The summed E-state index contributed by atoms with van der Waals surface area (Å²) in [6.45, 7) is 1.18. The molecule has 1 aromatic rings. The summed E-state index contributed by atoms with van der Waals surface area (Å²) in [5.74, 6) is -1.32. The Bertz CT molecular complexity index is 546. The van der Waals surface area contributed by atoms with E-state index in [1.807, 2.05) is 4.72 Å². The van der Waals surface area contributed by atoms with Crippen LogP contribution in [0.3, 0.4) is 0 Å². The molecule has 1 aromatic heterocycles. The van der Waals surface area contributed by atoms with Gasteiger partial charge >= 0.3 is 5.97 Å². The van der Waals surface area contributed by atoms with E-state index in [1.54, 1.807) is 6.07 Å². The van der Waals surface area contributed by atoms with Gasteiger partial charge in [-0.05, 0) is 6.92 Å². The van der Waals surface area contributed by atoms with Crippen LogP contribution in [0.4, 0.5) is 0 Å². The minimum atomic E-state index is -3.98. The molecule has 0 bridgehead atoms. The third-order valence-electron chi connectivity index (χ3n) is 2.23. The number of aromatic nitrogens is 2. The van der Waals surface area contributed by atoms with Gasteiger partial charge in [0, 0.05) is 18.3 Å². The molecule has 0 aliphatic rings. The van der Waals surface area contributed by atoms with Crippen LogP contribution in [0.2, 0.25) is 0 Å². The molecule has 3 N–H and O–H groups in total. The maximum atomic E-state index is 11.6. The van der Waals surface area contributed by atoms with Crippen molar-refractivity contribution in [3.05, 3.63) is 18.2 Å². The van der Waals surface area contributed by atoms with Crippen LogP contribution < -0.4 is 4.72 Å². The number of hydrogen-bond donors (Lipinski definition) is 3. The van der Waals surface area contributed by atoms with Crippen molar-refractivity contribution in [1.29, 1.82) is 5.26 Å². The molecule has 0 saturated carbocycles. The first-order valence-corrected chi connectivity index (χ1v) is 6.52. The van der Waals surface area contributed by atoms with Gasteiger partial charge in [0.05, 0.1) is 12.4 Å². The fourth-order valence-electron chi connectivity index (χ4n) is 1.17. The number of carboxylic acid groups (broad SMARTS) is 1. The normalized spacial score (nSPS) is 14.7. The molecular formula is C9H12N4O4S. The molecule has 1 heterocycles. The van der Waals surface area contributed by atoms with E-state index >= 15 is 0 Å². The zero-order valence-electron chi connectivity index (χ0n) is 9.49. The number of carboxylic acids is 1. The Kier molecular flexibility index (Phi) is 4.41. The number of nitrogens with zero attached hydrogens (tertiary/aromatic N) is 2. The zero-order valence-corrected chi connectivity index (χ0v) is 10.3. The molecule has 8 nitrogen and oxygen atoms in total. The predicted molar refractivity (Wildman–Crippen MR) is 60.8 cm³/mol. The minimum Gasteiger partial charge on any atom is -0.480 e.